The summed E-state index contributed by atoms with van der Waals surface area (Å²) >= 11 is 0. The molecule has 0 spiro atoms. The van der Waals surface area contributed by atoms with E-state index in [0.29, 0.717) is 18.1 Å². The minimum atomic E-state index is -0.848. The van der Waals surface area contributed by atoms with Gasteiger partial charge in [-0.2, -0.15) is 0 Å². The van der Waals surface area contributed by atoms with Gasteiger partial charge < -0.3 is 20.7 Å². The van der Waals surface area contributed by atoms with Gasteiger partial charge >= 0.3 is 5.97 Å². The summed E-state index contributed by atoms with van der Waals surface area (Å²) in [6, 6.07) is 0. The number of aryl methyl sites for hydroxylation is 1. The lowest BCUT2D eigenvalue weighted by molar-refractivity contribution is -0.137. The van der Waals surface area contributed by atoms with E-state index in [1.165, 1.54) is 6.34 Å². The van der Waals surface area contributed by atoms with E-state index in [4.69, 9.17) is 10.8 Å². The van der Waals surface area contributed by atoms with Gasteiger partial charge in [0.1, 0.15) is 11.9 Å². The van der Waals surface area contributed by atoms with Crippen LogP contribution in [-0.2, 0) is 11.3 Å². The van der Waals surface area contributed by atoms with Crippen LogP contribution in [0.4, 0.5) is 5.82 Å². The Labute approximate surface area is 85.6 Å². The second kappa shape index (κ2) is 3.70. The molecule has 2 rings (SSSR count). The van der Waals surface area contributed by atoms with Gasteiger partial charge in [0, 0.05) is 6.54 Å². The highest BCUT2D eigenvalue weighted by Crippen LogP contribution is 2.24. The normalized spacial score (nSPS) is 18.3. The number of carboxylic acid groups (broad SMARTS) is 1. The molecule has 1 aromatic heterocycles. The molecule has 7 heteroatoms. The number of carboxylic acids is 1. The van der Waals surface area contributed by atoms with Crippen molar-refractivity contribution >= 4 is 18.1 Å². The first-order valence-corrected chi connectivity index (χ1v) is 4.49. The van der Waals surface area contributed by atoms with E-state index in [-0.39, 0.29) is 12.6 Å². The molecule has 1 atom stereocenters. The van der Waals surface area contributed by atoms with E-state index in [2.05, 4.69) is 15.3 Å². The van der Waals surface area contributed by atoms with E-state index in [9.17, 15) is 4.79 Å². The summed E-state index contributed by atoms with van der Waals surface area (Å²) in [5.74, 6) is -0.220. The number of nitrogens with zero attached hydrogens (tertiary/aromatic N) is 3. The number of rotatable bonds is 3. The lowest BCUT2D eigenvalue weighted by Gasteiger charge is -2.15. The van der Waals surface area contributed by atoms with Crippen LogP contribution in [0.15, 0.2) is 11.3 Å². The fourth-order valence-electron chi connectivity index (χ4n) is 1.39. The number of hydrogen-bond donors (Lipinski definition) is 3. The van der Waals surface area contributed by atoms with Crippen LogP contribution in [0.1, 0.15) is 18.3 Å². The Morgan fingerprint density at radius 2 is 2.53 bits per heavy atom. The number of nitrogens with two attached hydrogens (primary N) is 1. The summed E-state index contributed by atoms with van der Waals surface area (Å²) in [7, 11) is 0. The summed E-state index contributed by atoms with van der Waals surface area (Å²) in [4.78, 5) is 18.6. The number of aliphatic imine (C=N–C) groups is 1. The number of fused-ring (bicyclic) bond motifs is 1. The van der Waals surface area contributed by atoms with Crippen LogP contribution in [0.25, 0.3) is 0 Å². The fourth-order valence-corrected chi connectivity index (χ4v) is 1.39. The van der Waals surface area contributed by atoms with Crippen molar-refractivity contribution in [1.82, 2.24) is 14.9 Å². The molecule has 0 radical (unpaired) electrons. The topological polar surface area (TPSA) is 106 Å². The lowest BCUT2D eigenvalue weighted by Crippen LogP contribution is -2.30. The van der Waals surface area contributed by atoms with Gasteiger partial charge in [-0.1, -0.05) is 0 Å². The molecule has 0 aliphatic carbocycles. The van der Waals surface area contributed by atoms with Crippen molar-refractivity contribution in [3.05, 3.63) is 12.0 Å². The molecule has 0 saturated heterocycles. The number of aromatic nitrogens is 2. The Bertz CT molecular complexity index is 411. The maximum Gasteiger partial charge on any atom is 0.305 e. The Kier molecular flexibility index (Phi) is 2.38. The summed E-state index contributed by atoms with van der Waals surface area (Å²) in [5.41, 5.74) is 6.36. The minimum absolute atomic E-state index is 0.0426. The van der Waals surface area contributed by atoms with Crippen molar-refractivity contribution in [2.45, 2.75) is 19.1 Å². The molecule has 80 valence electrons. The first-order valence-electron chi connectivity index (χ1n) is 4.49. The molecule has 0 amide bonds. The monoisotopic (exact) mass is 209 g/mol. The Balaban J connectivity index is 2.21. The largest absolute Gasteiger partial charge is 0.481 e. The van der Waals surface area contributed by atoms with Gasteiger partial charge in [0.05, 0.1) is 19.1 Å². The average Bonchev–Trinajstić information content (AvgIpc) is 2.59. The third kappa shape index (κ3) is 1.82. The van der Waals surface area contributed by atoms with Crippen LogP contribution >= 0.6 is 0 Å². The second-order valence-corrected chi connectivity index (χ2v) is 3.19. The molecule has 1 aliphatic heterocycles. The summed E-state index contributed by atoms with van der Waals surface area (Å²) < 4.78 is 1.68. The van der Waals surface area contributed by atoms with Crippen molar-refractivity contribution < 1.29 is 9.90 Å². The van der Waals surface area contributed by atoms with Gasteiger partial charge in [-0.05, 0) is 0 Å². The maximum absolute atomic E-state index is 10.4. The third-order valence-corrected chi connectivity index (χ3v) is 2.14. The van der Waals surface area contributed by atoms with Crippen LogP contribution in [0.3, 0.4) is 0 Å². The van der Waals surface area contributed by atoms with Crippen LogP contribution in [0.5, 0.6) is 0 Å². The van der Waals surface area contributed by atoms with Crippen molar-refractivity contribution in [1.29, 1.82) is 0 Å². The van der Waals surface area contributed by atoms with Gasteiger partial charge in [-0.25, -0.2) is 9.98 Å². The average molecular weight is 209 g/mol. The molecule has 0 saturated carbocycles. The highest BCUT2D eigenvalue weighted by Gasteiger charge is 2.19. The maximum atomic E-state index is 10.4. The van der Waals surface area contributed by atoms with Gasteiger partial charge in [-0.3, -0.25) is 4.79 Å². The fraction of sp³-hybridized carbons (Fsp3) is 0.375. The van der Waals surface area contributed by atoms with Crippen molar-refractivity contribution in [3.63, 3.8) is 0 Å². The van der Waals surface area contributed by atoms with E-state index < -0.39 is 5.97 Å². The molecule has 0 bridgehead atoms. The molecule has 1 unspecified atom stereocenters. The SMILES string of the molecule is NC1NC=Nc2c1ncn2CCC(=O)O. The number of nitrogens with one attached hydrogen (secondary N) is 1. The summed E-state index contributed by atoms with van der Waals surface area (Å²) in [5, 5.41) is 11.4. The van der Waals surface area contributed by atoms with E-state index in [1.807, 2.05) is 0 Å². The zero-order chi connectivity index (χ0) is 10.8. The van der Waals surface area contributed by atoms with Crippen LogP contribution in [-0.4, -0.2) is 27.0 Å². The molecule has 1 aliphatic rings. The van der Waals surface area contributed by atoms with Crippen LogP contribution in [0.2, 0.25) is 0 Å². The Morgan fingerprint density at radius 3 is 3.27 bits per heavy atom. The van der Waals surface area contributed by atoms with Crippen LogP contribution < -0.4 is 11.1 Å². The molecule has 4 N–H and O–H groups in total. The van der Waals surface area contributed by atoms with E-state index in [1.54, 1.807) is 10.9 Å². The predicted molar refractivity (Wildman–Crippen MR) is 52.7 cm³/mol. The van der Waals surface area contributed by atoms with Crippen LogP contribution in [0, 0.1) is 0 Å². The molecule has 1 aromatic rings. The number of carbonyl (C=O) groups is 1. The molecule has 15 heavy (non-hydrogen) atoms. The van der Waals surface area contributed by atoms with Crippen molar-refractivity contribution in [2.75, 3.05) is 0 Å². The zero-order valence-electron chi connectivity index (χ0n) is 7.92. The highest BCUT2D eigenvalue weighted by atomic mass is 16.4. The Morgan fingerprint density at radius 1 is 1.73 bits per heavy atom. The van der Waals surface area contributed by atoms with Crippen molar-refractivity contribution in [2.24, 2.45) is 10.7 Å². The summed E-state index contributed by atoms with van der Waals surface area (Å²) in [6.07, 6.45) is 2.72. The second-order valence-electron chi connectivity index (χ2n) is 3.19. The summed E-state index contributed by atoms with van der Waals surface area (Å²) in [6.45, 7) is 0.349. The number of aliphatic carboxylic acids is 1. The molecule has 2 heterocycles. The first-order chi connectivity index (χ1) is 7.18. The molecular weight excluding hydrogens is 198 g/mol. The van der Waals surface area contributed by atoms with Gasteiger partial charge in [0.25, 0.3) is 0 Å². The Hall–Kier alpha value is -1.89. The van der Waals surface area contributed by atoms with Crippen molar-refractivity contribution in [3.8, 4) is 0 Å². The quantitative estimate of drug-likeness (QED) is 0.626. The lowest BCUT2D eigenvalue weighted by atomic mass is 10.3. The predicted octanol–water partition coefficient (Wildman–Crippen LogP) is -0.422. The minimum Gasteiger partial charge on any atom is -0.481 e. The smallest absolute Gasteiger partial charge is 0.305 e. The van der Waals surface area contributed by atoms with E-state index in [0.717, 1.165) is 0 Å². The standard InChI is InChI=1S/C8H11N5O2/c9-7-6-8(11-3-10-7)13(4-12-6)2-1-5(14)15/h3-4,7H,1-2,9H2,(H,10,11)(H,14,15). The number of hydrogen-bond acceptors (Lipinski definition) is 5. The zero-order valence-corrected chi connectivity index (χ0v) is 7.92. The highest BCUT2D eigenvalue weighted by molar-refractivity contribution is 5.67. The molecule has 7 nitrogen and oxygen atoms in total. The molecule has 0 fully saturated rings. The number of imidazole rings is 1. The molecular formula is C8H11N5O2. The first kappa shape index (κ1) is 9.66. The van der Waals surface area contributed by atoms with E-state index >= 15 is 0 Å². The van der Waals surface area contributed by atoms with Gasteiger partial charge in [0.2, 0.25) is 0 Å². The molecule has 0 aromatic carbocycles. The van der Waals surface area contributed by atoms with Gasteiger partial charge in [0.15, 0.2) is 5.82 Å². The third-order valence-electron chi connectivity index (χ3n) is 2.14. The van der Waals surface area contributed by atoms with Gasteiger partial charge in [-0.15, -0.1) is 0 Å².